The van der Waals surface area contributed by atoms with Crippen molar-refractivity contribution in [3.8, 4) is 5.69 Å². The first-order valence-electron chi connectivity index (χ1n) is 6.70. The fourth-order valence-corrected chi connectivity index (χ4v) is 3.24. The molecule has 100 valence electrons. The monoisotopic (exact) mass is 320 g/mol. The number of aliphatic hydroxyl groups excluding tert-OH is 1. The predicted octanol–water partition coefficient (Wildman–Crippen LogP) is 3.57. The lowest BCUT2D eigenvalue weighted by atomic mass is 10.0. The van der Waals surface area contributed by atoms with E-state index >= 15 is 0 Å². The number of halogens is 1. The third-order valence-electron chi connectivity index (χ3n) is 3.74. The second-order valence-corrected chi connectivity index (χ2v) is 5.96. The SMILES string of the molecule is C[C@@H](O)c1ccc(-n2cnc3c2CCCC3)c(Br)c1. The molecular formula is C15H17BrN2O. The van der Waals surface area contributed by atoms with E-state index in [1.54, 1.807) is 6.92 Å². The summed E-state index contributed by atoms with van der Waals surface area (Å²) in [5, 5.41) is 9.62. The molecule has 4 heteroatoms. The number of aliphatic hydroxyl groups is 1. The van der Waals surface area contributed by atoms with Gasteiger partial charge in [0.05, 0.1) is 23.8 Å². The van der Waals surface area contributed by atoms with Gasteiger partial charge in [-0.05, 0) is 66.2 Å². The van der Waals surface area contributed by atoms with Crippen LogP contribution in [0.15, 0.2) is 29.0 Å². The van der Waals surface area contributed by atoms with Crippen LogP contribution in [-0.4, -0.2) is 14.7 Å². The van der Waals surface area contributed by atoms with E-state index in [2.05, 4.69) is 25.5 Å². The molecule has 0 bridgehead atoms. The normalized spacial score (nSPS) is 16.2. The minimum absolute atomic E-state index is 0.443. The van der Waals surface area contributed by atoms with Crippen molar-refractivity contribution >= 4 is 15.9 Å². The van der Waals surface area contributed by atoms with Gasteiger partial charge >= 0.3 is 0 Å². The Morgan fingerprint density at radius 1 is 1.32 bits per heavy atom. The molecule has 1 aliphatic rings. The number of aromatic nitrogens is 2. The van der Waals surface area contributed by atoms with Gasteiger partial charge in [-0.15, -0.1) is 0 Å². The zero-order valence-electron chi connectivity index (χ0n) is 10.9. The maximum atomic E-state index is 9.62. The summed E-state index contributed by atoms with van der Waals surface area (Å²) < 4.78 is 3.17. The average Bonchev–Trinajstić information content (AvgIpc) is 2.82. The lowest BCUT2D eigenvalue weighted by Gasteiger charge is -2.16. The first-order chi connectivity index (χ1) is 9.16. The predicted molar refractivity (Wildman–Crippen MR) is 78.5 cm³/mol. The summed E-state index contributed by atoms with van der Waals surface area (Å²) >= 11 is 3.60. The lowest BCUT2D eigenvalue weighted by molar-refractivity contribution is 0.199. The minimum Gasteiger partial charge on any atom is -0.389 e. The molecule has 0 aliphatic heterocycles. The summed E-state index contributed by atoms with van der Waals surface area (Å²) in [6.45, 7) is 1.78. The van der Waals surface area contributed by atoms with E-state index in [-0.39, 0.29) is 0 Å². The van der Waals surface area contributed by atoms with E-state index in [0.717, 1.165) is 28.6 Å². The molecule has 1 aliphatic carbocycles. The van der Waals surface area contributed by atoms with Crippen LogP contribution in [0.4, 0.5) is 0 Å². The summed E-state index contributed by atoms with van der Waals surface area (Å²) in [5.41, 5.74) is 4.58. The van der Waals surface area contributed by atoms with Crippen LogP contribution in [0.5, 0.6) is 0 Å². The standard InChI is InChI=1S/C15H17BrN2O/c1-10(19)11-6-7-14(12(16)8-11)18-9-17-13-4-2-3-5-15(13)18/h6-10,19H,2-5H2,1H3/t10-/m1/s1. The maximum absolute atomic E-state index is 9.62. The van der Waals surface area contributed by atoms with Crippen LogP contribution >= 0.6 is 15.9 Å². The fraction of sp³-hybridized carbons (Fsp3) is 0.400. The van der Waals surface area contributed by atoms with E-state index < -0.39 is 6.10 Å². The van der Waals surface area contributed by atoms with Gasteiger partial charge in [0.2, 0.25) is 0 Å². The number of benzene rings is 1. The van der Waals surface area contributed by atoms with Crippen molar-refractivity contribution in [2.24, 2.45) is 0 Å². The van der Waals surface area contributed by atoms with Gasteiger partial charge in [-0.3, -0.25) is 0 Å². The second kappa shape index (κ2) is 5.10. The van der Waals surface area contributed by atoms with Crippen molar-refractivity contribution in [3.05, 3.63) is 46.0 Å². The van der Waals surface area contributed by atoms with Gasteiger partial charge in [0, 0.05) is 10.2 Å². The highest BCUT2D eigenvalue weighted by Crippen LogP contribution is 2.29. The smallest absolute Gasteiger partial charge is 0.0998 e. The Hall–Kier alpha value is -1.13. The van der Waals surface area contributed by atoms with Crippen LogP contribution in [0.1, 0.15) is 42.8 Å². The summed E-state index contributed by atoms with van der Waals surface area (Å²) in [5.74, 6) is 0. The van der Waals surface area contributed by atoms with E-state index in [9.17, 15) is 5.11 Å². The molecule has 19 heavy (non-hydrogen) atoms. The quantitative estimate of drug-likeness (QED) is 0.918. The topological polar surface area (TPSA) is 38.0 Å². The third-order valence-corrected chi connectivity index (χ3v) is 4.38. The molecule has 0 spiro atoms. The number of rotatable bonds is 2. The summed E-state index contributed by atoms with van der Waals surface area (Å²) in [6.07, 6.45) is 6.14. The molecular weight excluding hydrogens is 304 g/mol. The highest BCUT2D eigenvalue weighted by molar-refractivity contribution is 9.10. The Morgan fingerprint density at radius 2 is 2.11 bits per heavy atom. The molecule has 1 aromatic heterocycles. The van der Waals surface area contributed by atoms with Gasteiger partial charge in [-0.2, -0.15) is 0 Å². The minimum atomic E-state index is -0.443. The first-order valence-corrected chi connectivity index (χ1v) is 7.49. The van der Waals surface area contributed by atoms with E-state index in [1.807, 2.05) is 24.5 Å². The zero-order chi connectivity index (χ0) is 13.4. The molecule has 0 amide bonds. The average molecular weight is 321 g/mol. The van der Waals surface area contributed by atoms with Crippen molar-refractivity contribution in [1.82, 2.24) is 9.55 Å². The van der Waals surface area contributed by atoms with Crippen LogP contribution < -0.4 is 0 Å². The number of hydrogen-bond donors (Lipinski definition) is 1. The highest BCUT2D eigenvalue weighted by Gasteiger charge is 2.17. The van der Waals surface area contributed by atoms with Gasteiger partial charge in [0.15, 0.2) is 0 Å². The highest BCUT2D eigenvalue weighted by atomic mass is 79.9. The van der Waals surface area contributed by atoms with Crippen molar-refractivity contribution in [2.45, 2.75) is 38.7 Å². The van der Waals surface area contributed by atoms with E-state index in [4.69, 9.17) is 0 Å². The number of hydrogen-bond acceptors (Lipinski definition) is 2. The summed E-state index contributed by atoms with van der Waals surface area (Å²) in [7, 11) is 0. The van der Waals surface area contributed by atoms with Crippen LogP contribution in [0, 0.1) is 0 Å². The largest absolute Gasteiger partial charge is 0.389 e. The Morgan fingerprint density at radius 3 is 2.84 bits per heavy atom. The first kappa shape index (κ1) is 12.9. The molecule has 0 unspecified atom stereocenters. The summed E-state index contributed by atoms with van der Waals surface area (Å²) in [6, 6.07) is 6.00. The van der Waals surface area contributed by atoms with Crippen molar-refractivity contribution in [3.63, 3.8) is 0 Å². The molecule has 3 rings (SSSR count). The molecule has 1 atom stereocenters. The fourth-order valence-electron chi connectivity index (χ4n) is 2.66. The maximum Gasteiger partial charge on any atom is 0.0998 e. The molecule has 2 aromatic rings. The van der Waals surface area contributed by atoms with Gasteiger partial charge in [0.1, 0.15) is 0 Å². The van der Waals surface area contributed by atoms with Crippen LogP contribution in [0.3, 0.4) is 0 Å². The van der Waals surface area contributed by atoms with Crippen LogP contribution in [0.2, 0.25) is 0 Å². The Bertz CT molecular complexity index is 604. The van der Waals surface area contributed by atoms with Gasteiger partial charge < -0.3 is 9.67 Å². The Kier molecular flexibility index (Phi) is 3.46. The van der Waals surface area contributed by atoms with Crippen LogP contribution in [-0.2, 0) is 12.8 Å². The van der Waals surface area contributed by atoms with E-state index in [0.29, 0.717) is 0 Å². The number of imidazole rings is 1. The molecule has 0 saturated heterocycles. The molecule has 1 aromatic carbocycles. The molecule has 1 heterocycles. The molecule has 0 fully saturated rings. The number of aryl methyl sites for hydroxylation is 1. The molecule has 3 nitrogen and oxygen atoms in total. The molecule has 0 radical (unpaired) electrons. The Labute approximate surface area is 121 Å². The van der Waals surface area contributed by atoms with Gasteiger partial charge in [-0.25, -0.2) is 4.98 Å². The van der Waals surface area contributed by atoms with Gasteiger partial charge in [0.25, 0.3) is 0 Å². The van der Waals surface area contributed by atoms with E-state index in [1.165, 1.54) is 24.2 Å². The van der Waals surface area contributed by atoms with Gasteiger partial charge in [-0.1, -0.05) is 6.07 Å². The molecule has 0 saturated carbocycles. The number of nitrogens with zero attached hydrogens (tertiary/aromatic N) is 2. The number of fused-ring (bicyclic) bond motifs is 1. The summed E-state index contributed by atoms with van der Waals surface area (Å²) in [4.78, 5) is 4.52. The lowest BCUT2D eigenvalue weighted by Crippen LogP contribution is -2.07. The van der Waals surface area contributed by atoms with Crippen molar-refractivity contribution in [2.75, 3.05) is 0 Å². The molecule has 1 N–H and O–H groups in total. The zero-order valence-corrected chi connectivity index (χ0v) is 12.5. The van der Waals surface area contributed by atoms with Crippen molar-refractivity contribution < 1.29 is 5.11 Å². The second-order valence-electron chi connectivity index (χ2n) is 5.10. The Balaban J connectivity index is 2.05. The van der Waals surface area contributed by atoms with Crippen molar-refractivity contribution in [1.29, 1.82) is 0 Å². The third kappa shape index (κ3) is 2.35. The van der Waals surface area contributed by atoms with Crippen LogP contribution in [0.25, 0.3) is 5.69 Å².